The van der Waals surface area contributed by atoms with Crippen molar-refractivity contribution in [3.63, 3.8) is 0 Å². The van der Waals surface area contributed by atoms with Crippen molar-refractivity contribution in [2.24, 2.45) is 0 Å². The van der Waals surface area contributed by atoms with Gasteiger partial charge in [-0.15, -0.1) is 0 Å². The first kappa shape index (κ1) is 19.8. The fraction of sp³-hybridized carbons (Fsp3) is 0.571. The molecule has 0 saturated carbocycles. The average Bonchev–Trinajstić information content (AvgIpc) is 2.57. The number of hydrogen-bond acceptors (Lipinski definition) is 2. The van der Waals surface area contributed by atoms with E-state index in [1.807, 2.05) is 24.3 Å². The van der Waals surface area contributed by atoms with E-state index in [0.717, 1.165) is 29.4 Å². The van der Waals surface area contributed by atoms with Crippen LogP contribution in [0.5, 0.6) is 5.75 Å². The van der Waals surface area contributed by atoms with Crippen LogP contribution in [0.2, 0.25) is 11.6 Å². The second-order valence-electron chi connectivity index (χ2n) is 7.88. The first-order valence-electron chi connectivity index (χ1n) is 9.50. The molecule has 0 bridgehead atoms. The number of para-hydroxylation sites is 1. The molecule has 3 nitrogen and oxygen atoms in total. The second-order valence-corrected chi connectivity index (χ2v) is 10.7. The fourth-order valence-electron chi connectivity index (χ4n) is 2.76. The monoisotopic (exact) mass is 358 g/mol. The number of hydrogen-bond donors (Lipinski definition) is 1. The van der Waals surface area contributed by atoms with Crippen LogP contribution in [0.4, 0.5) is 0 Å². The number of unbranched alkanes of at least 4 members (excludes halogenated alkanes) is 4. The first-order chi connectivity index (χ1) is 11.8. The molecule has 0 atom stereocenters. The molecular weight excluding hydrogens is 326 g/mol. The molecule has 0 aliphatic heterocycles. The van der Waals surface area contributed by atoms with Gasteiger partial charge in [-0.3, -0.25) is 4.79 Å². The normalized spacial score (nSPS) is 12.1. The zero-order valence-corrected chi connectivity index (χ0v) is 17.4. The molecule has 0 unspecified atom stereocenters. The van der Waals surface area contributed by atoms with Crippen molar-refractivity contribution in [3.05, 3.63) is 40.2 Å². The van der Waals surface area contributed by atoms with Gasteiger partial charge in [-0.1, -0.05) is 65.5 Å². The van der Waals surface area contributed by atoms with Crippen LogP contribution in [0.15, 0.2) is 29.1 Å². The number of H-pyrrole nitrogens is 1. The van der Waals surface area contributed by atoms with Crippen LogP contribution < -0.4 is 9.85 Å². The van der Waals surface area contributed by atoms with Gasteiger partial charge in [0, 0.05) is 10.9 Å². The van der Waals surface area contributed by atoms with E-state index in [-0.39, 0.29) is 10.5 Å². The number of fused-ring (bicyclic) bond motifs is 1. The molecule has 4 heteroatoms. The summed E-state index contributed by atoms with van der Waals surface area (Å²) in [4.78, 5) is 16.5. The summed E-state index contributed by atoms with van der Waals surface area (Å²) in [6, 6.07) is 7.73. The van der Waals surface area contributed by atoms with Crippen LogP contribution in [-0.2, 0) is 6.42 Å². The Kier molecular flexibility index (Phi) is 6.88. The number of nitrogens with one attached hydrogen (secondary N) is 1. The van der Waals surface area contributed by atoms with Crippen molar-refractivity contribution < 1.29 is 4.43 Å². The molecule has 25 heavy (non-hydrogen) atoms. The quantitative estimate of drug-likeness (QED) is 0.475. The van der Waals surface area contributed by atoms with E-state index in [0.29, 0.717) is 5.75 Å². The summed E-state index contributed by atoms with van der Waals surface area (Å²) >= 11 is 0. The maximum atomic E-state index is 13.0. The molecule has 137 valence electrons. The third-order valence-electron chi connectivity index (χ3n) is 4.78. The Bertz CT molecular complexity index is 746. The highest BCUT2D eigenvalue weighted by Crippen LogP contribution is 2.29. The molecule has 0 fully saturated rings. The van der Waals surface area contributed by atoms with Crippen LogP contribution in [0.3, 0.4) is 0 Å². The molecule has 0 aliphatic rings. The lowest BCUT2D eigenvalue weighted by molar-refractivity contribution is 0.505. The van der Waals surface area contributed by atoms with E-state index in [9.17, 15) is 4.79 Å². The minimum Gasteiger partial charge on any atom is -0.538 e. The summed E-state index contributed by atoms with van der Waals surface area (Å²) < 4.78 is 6.29. The molecule has 2 rings (SSSR count). The highest BCUT2D eigenvalue weighted by molar-refractivity contribution is 6.54. The smallest absolute Gasteiger partial charge is 0.283 e. The van der Waals surface area contributed by atoms with Crippen LogP contribution in [0, 0.1) is 0 Å². The fourth-order valence-corrected chi connectivity index (χ4v) is 3.59. The lowest BCUT2D eigenvalue weighted by atomic mass is 10.1. The van der Waals surface area contributed by atoms with Crippen molar-refractivity contribution in [3.8, 4) is 5.75 Å². The van der Waals surface area contributed by atoms with Gasteiger partial charge in [0.25, 0.3) is 9.04 Å². The Hall–Kier alpha value is -1.55. The summed E-state index contributed by atoms with van der Waals surface area (Å²) in [7, 11) is -1.13. The predicted molar refractivity (Wildman–Crippen MR) is 109 cm³/mol. The summed E-state index contributed by atoms with van der Waals surface area (Å²) in [5.41, 5.74) is 1.91. The maximum absolute atomic E-state index is 13.0. The highest BCUT2D eigenvalue weighted by Gasteiger charge is 2.28. The average molecular weight is 359 g/mol. The molecule has 0 spiro atoms. The second kappa shape index (κ2) is 8.70. The van der Waals surface area contributed by atoms with E-state index >= 15 is 0 Å². The van der Waals surface area contributed by atoms with Gasteiger partial charge < -0.3 is 9.41 Å². The molecule has 1 aromatic heterocycles. The minimum atomic E-state index is -1.13. The van der Waals surface area contributed by atoms with Crippen LogP contribution in [0.25, 0.3) is 10.9 Å². The van der Waals surface area contributed by atoms with Gasteiger partial charge in [-0.25, -0.2) is 0 Å². The molecule has 0 amide bonds. The van der Waals surface area contributed by atoms with E-state index in [4.69, 9.17) is 4.43 Å². The van der Waals surface area contributed by atoms with Gasteiger partial charge >= 0.3 is 0 Å². The standard InChI is InChI=1S/C21H32NO2Si/c1-6-7-8-9-10-15-18-20(24-25(5)21(2,3)4)19(23)16-13-11-12-14-17(16)22-18/h11-14H,6-10,15H2,1-5H3,(H,22,23). The van der Waals surface area contributed by atoms with Crippen molar-refractivity contribution >= 4 is 19.9 Å². The van der Waals surface area contributed by atoms with Crippen LogP contribution in [0.1, 0.15) is 65.5 Å². The maximum Gasteiger partial charge on any atom is 0.283 e. The zero-order chi connectivity index (χ0) is 18.4. The minimum absolute atomic E-state index is 0.0338. The number of aromatic nitrogens is 1. The Morgan fingerprint density at radius 1 is 1.08 bits per heavy atom. The summed E-state index contributed by atoms with van der Waals surface area (Å²) in [6.07, 6.45) is 6.95. The van der Waals surface area contributed by atoms with Gasteiger partial charge in [0.15, 0.2) is 5.75 Å². The molecule has 1 N–H and O–H groups in total. The largest absolute Gasteiger partial charge is 0.538 e. The zero-order valence-electron chi connectivity index (χ0n) is 16.4. The SMILES string of the molecule is CCCCCCCc1[nH]c2ccccc2c(=O)c1O[Si](C)C(C)(C)C. The summed E-state index contributed by atoms with van der Waals surface area (Å²) in [5.74, 6) is 0.556. The molecule has 0 aliphatic carbocycles. The predicted octanol–water partition coefficient (Wildman–Crippen LogP) is 5.84. The van der Waals surface area contributed by atoms with E-state index in [1.165, 1.54) is 25.7 Å². The van der Waals surface area contributed by atoms with Gasteiger partial charge in [-0.05, 0) is 36.6 Å². The molecular formula is C21H32NO2Si. The topological polar surface area (TPSA) is 42.1 Å². The Morgan fingerprint density at radius 2 is 1.76 bits per heavy atom. The lowest BCUT2D eigenvalue weighted by Gasteiger charge is -2.26. The third kappa shape index (κ3) is 5.21. The molecule has 1 radical (unpaired) electrons. The first-order valence-corrected chi connectivity index (χ1v) is 11.4. The van der Waals surface area contributed by atoms with Crippen molar-refractivity contribution in [2.75, 3.05) is 0 Å². The Labute approximate surface area is 153 Å². The third-order valence-corrected chi connectivity index (χ3v) is 7.40. The molecule has 0 saturated heterocycles. The number of pyridine rings is 1. The highest BCUT2D eigenvalue weighted by atomic mass is 28.3. The number of aromatic amines is 1. The van der Waals surface area contributed by atoms with Crippen molar-refractivity contribution in [2.45, 2.75) is 77.8 Å². The van der Waals surface area contributed by atoms with Crippen molar-refractivity contribution in [1.29, 1.82) is 0 Å². The number of rotatable bonds is 8. The molecule has 2 aromatic rings. The molecule has 1 heterocycles. The van der Waals surface area contributed by atoms with E-state index in [2.05, 4.69) is 39.2 Å². The van der Waals surface area contributed by atoms with E-state index in [1.54, 1.807) is 0 Å². The van der Waals surface area contributed by atoms with Gasteiger partial charge in [0.2, 0.25) is 5.43 Å². The van der Waals surface area contributed by atoms with Crippen molar-refractivity contribution in [1.82, 2.24) is 4.98 Å². The number of benzene rings is 1. The molecule has 1 aromatic carbocycles. The van der Waals surface area contributed by atoms with Gasteiger partial charge in [-0.2, -0.15) is 0 Å². The van der Waals surface area contributed by atoms with Gasteiger partial charge in [0.1, 0.15) is 0 Å². The Morgan fingerprint density at radius 3 is 2.44 bits per heavy atom. The van der Waals surface area contributed by atoms with Crippen LogP contribution >= 0.6 is 0 Å². The van der Waals surface area contributed by atoms with Gasteiger partial charge in [0.05, 0.1) is 5.69 Å². The summed E-state index contributed by atoms with van der Waals surface area (Å²) in [6.45, 7) is 10.9. The summed E-state index contributed by atoms with van der Waals surface area (Å²) in [5, 5.41) is 0.803. The van der Waals surface area contributed by atoms with E-state index < -0.39 is 9.04 Å². The number of aryl methyl sites for hydroxylation is 1. The van der Waals surface area contributed by atoms with Crippen LogP contribution in [-0.4, -0.2) is 14.0 Å². The lowest BCUT2D eigenvalue weighted by Crippen LogP contribution is -2.31. The Balaban J connectivity index is 2.32.